The first-order chi connectivity index (χ1) is 10.3. The van der Waals surface area contributed by atoms with Crippen molar-refractivity contribution in [2.24, 2.45) is 0 Å². The number of hydrogen-bond acceptors (Lipinski definition) is 4. The predicted octanol–water partition coefficient (Wildman–Crippen LogP) is 3.43. The lowest BCUT2D eigenvalue weighted by molar-refractivity contribution is 0.00694. The van der Waals surface area contributed by atoms with Crippen molar-refractivity contribution < 1.29 is 14.6 Å². The number of aryl methyl sites for hydroxylation is 1. The van der Waals surface area contributed by atoms with E-state index >= 15 is 0 Å². The molecule has 116 valence electrons. The average Bonchev–Trinajstić information content (AvgIpc) is 2.45. The minimum absolute atomic E-state index is 0.373. The van der Waals surface area contributed by atoms with Crippen molar-refractivity contribution in [3.05, 3.63) is 65.0 Å². The van der Waals surface area contributed by atoms with Gasteiger partial charge in [0.2, 0.25) is 0 Å². The summed E-state index contributed by atoms with van der Waals surface area (Å²) in [6.07, 6.45) is -0.812. The molecular weight excluding hydrogens is 278 g/mol. The third kappa shape index (κ3) is 4.15. The van der Waals surface area contributed by atoms with Crippen LogP contribution in [0.15, 0.2) is 42.5 Å². The van der Waals surface area contributed by atoms with E-state index in [9.17, 15) is 9.90 Å². The van der Waals surface area contributed by atoms with Crippen LogP contribution in [0.25, 0.3) is 0 Å². The molecule has 0 saturated heterocycles. The highest BCUT2D eigenvalue weighted by Gasteiger charge is 2.18. The number of aliphatic hydroxyl groups excluding tert-OH is 1. The molecule has 0 radical (unpaired) electrons. The molecule has 22 heavy (non-hydrogen) atoms. The van der Waals surface area contributed by atoms with Gasteiger partial charge in [0.1, 0.15) is 11.7 Å². The van der Waals surface area contributed by atoms with E-state index in [-0.39, 0.29) is 5.97 Å². The molecule has 4 nitrogen and oxygen atoms in total. The van der Waals surface area contributed by atoms with Gasteiger partial charge in [-0.05, 0) is 57.5 Å². The Morgan fingerprint density at radius 1 is 1.14 bits per heavy atom. The molecule has 0 aliphatic rings. The van der Waals surface area contributed by atoms with Gasteiger partial charge in [0.25, 0.3) is 0 Å². The molecular formula is C18H21NO3. The molecule has 1 heterocycles. The van der Waals surface area contributed by atoms with Crippen molar-refractivity contribution in [2.75, 3.05) is 0 Å². The van der Waals surface area contributed by atoms with Crippen LogP contribution >= 0.6 is 0 Å². The van der Waals surface area contributed by atoms with E-state index in [1.54, 1.807) is 30.3 Å². The summed E-state index contributed by atoms with van der Waals surface area (Å²) in [7, 11) is 0. The second kappa shape index (κ2) is 6.28. The summed E-state index contributed by atoms with van der Waals surface area (Å²) in [5.74, 6) is -0.373. The smallest absolute Gasteiger partial charge is 0.338 e. The minimum atomic E-state index is -0.812. The van der Waals surface area contributed by atoms with Crippen molar-refractivity contribution >= 4 is 5.97 Å². The molecule has 0 spiro atoms. The number of aliphatic hydroxyl groups is 1. The third-order valence-corrected chi connectivity index (χ3v) is 3.05. The van der Waals surface area contributed by atoms with Gasteiger partial charge in [0.05, 0.1) is 11.3 Å². The molecule has 1 aromatic carbocycles. The van der Waals surface area contributed by atoms with Crippen LogP contribution in [0.1, 0.15) is 54.2 Å². The molecule has 0 fully saturated rings. The number of ether oxygens (including phenoxy) is 1. The molecule has 1 N–H and O–H groups in total. The SMILES string of the molecule is Cc1cccc(C(O)c2ccc(C(=O)OC(C)(C)C)cc2)n1. The highest BCUT2D eigenvalue weighted by Crippen LogP contribution is 2.21. The number of carbonyl (C=O) groups is 1. The number of hydrogen-bond donors (Lipinski definition) is 1. The molecule has 1 atom stereocenters. The highest BCUT2D eigenvalue weighted by molar-refractivity contribution is 5.89. The van der Waals surface area contributed by atoms with Crippen LogP contribution in [0.3, 0.4) is 0 Å². The van der Waals surface area contributed by atoms with Crippen LogP contribution in [-0.4, -0.2) is 21.7 Å². The Hall–Kier alpha value is -2.20. The predicted molar refractivity (Wildman–Crippen MR) is 84.6 cm³/mol. The monoisotopic (exact) mass is 299 g/mol. The summed E-state index contributed by atoms with van der Waals surface area (Å²) in [5.41, 5.74) is 2.06. The molecule has 0 bridgehead atoms. The minimum Gasteiger partial charge on any atom is -0.456 e. The molecule has 2 aromatic rings. The first kappa shape index (κ1) is 16.2. The second-order valence-corrected chi connectivity index (χ2v) is 6.23. The lowest BCUT2D eigenvalue weighted by Gasteiger charge is -2.19. The maximum atomic E-state index is 12.0. The first-order valence-corrected chi connectivity index (χ1v) is 7.21. The third-order valence-electron chi connectivity index (χ3n) is 3.05. The number of pyridine rings is 1. The lowest BCUT2D eigenvalue weighted by atomic mass is 10.0. The van der Waals surface area contributed by atoms with Crippen LogP contribution in [0.4, 0.5) is 0 Å². The topological polar surface area (TPSA) is 59.4 Å². The van der Waals surface area contributed by atoms with Gasteiger partial charge in [-0.15, -0.1) is 0 Å². The zero-order valence-corrected chi connectivity index (χ0v) is 13.3. The maximum Gasteiger partial charge on any atom is 0.338 e. The summed E-state index contributed by atoms with van der Waals surface area (Å²) in [4.78, 5) is 16.3. The van der Waals surface area contributed by atoms with E-state index in [2.05, 4.69) is 4.98 Å². The van der Waals surface area contributed by atoms with Crippen molar-refractivity contribution in [1.29, 1.82) is 0 Å². The Balaban J connectivity index is 2.16. The summed E-state index contributed by atoms with van der Waals surface area (Å²) >= 11 is 0. The molecule has 4 heteroatoms. The first-order valence-electron chi connectivity index (χ1n) is 7.21. The molecule has 1 unspecified atom stereocenters. The van der Waals surface area contributed by atoms with Crippen LogP contribution in [-0.2, 0) is 4.74 Å². The van der Waals surface area contributed by atoms with Crippen LogP contribution < -0.4 is 0 Å². The van der Waals surface area contributed by atoms with Crippen molar-refractivity contribution in [1.82, 2.24) is 4.98 Å². The van der Waals surface area contributed by atoms with E-state index in [1.165, 1.54) is 0 Å². The molecule has 0 saturated carbocycles. The van der Waals surface area contributed by atoms with E-state index in [0.717, 1.165) is 5.69 Å². The van der Waals surface area contributed by atoms with Crippen LogP contribution in [0, 0.1) is 6.92 Å². The fourth-order valence-electron chi connectivity index (χ4n) is 2.03. The molecule has 1 aromatic heterocycles. The van der Waals surface area contributed by atoms with Crippen molar-refractivity contribution in [3.63, 3.8) is 0 Å². The Labute approximate surface area is 130 Å². The number of rotatable bonds is 3. The van der Waals surface area contributed by atoms with Gasteiger partial charge < -0.3 is 9.84 Å². The zero-order chi connectivity index (χ0) is 16.3. The zero-order valence-electron chi connectivity index (χ0n) is 13.3. The van der Waals surface area contributed by atoms with Gasteiger partial charge in [-0.1, -0.05) is 18.2 Å². The van der Waals surface area contributed by atoms with Crippen molar-refractivity contribution in [3.8, 4) is 0 Å². The van der Waals surface area contributed by atoms with Gasteiger partial charge in [-0.25, -0.2) is 4.79 Å². The van der Waals surface area contributed by atoms with Gasteiger partial charge in [0, 0.05) is 5.69 Å². The number of nitrogens with zero attached hydrogens (tertiary/aromatic N) is 1. The van der Waals surface area contributed by atoms with E-state index in [1.807, 2.05) is 39.8 Å². The standard InChI is InChI=1S/C18H21NO3/c1-12-6-5-7-15(19-12)16(20)13-8-10-14(11-9-13)17(21)22-18(2,3)4/h5-11,16,20H,1-4H3. The summed E-state index contributed by atoms with van der Waals surface area (Å²) < 4.78 is 5.31. The normalized spacial score (nSPS) is 12.8. The average molecular weight is 299 g/mol. The lowest BCUT2D eigenvalue weighted by Crippen LogP contribution is -2.23. The molecule has 0 aliphatic heterocycles. The van der Waals surface area contributed by atoms with Crippen molar-refractivity contribution in [2.45, 2.75) is 39.4 Å². The Kier molecular flexibility index (Phi) is 4.62. The number of esters is 1. The number of aromatic nitrogens is 1. The highest BCUT2D eigenvalue weighted by atomic mass is 16.6. The molecule has 2 rings (SSSR count). The Morgan fingerprint density at radius 3 is 2.32 bits per heavy atom. The summed E-state index contributed by atoms with van der Waals surface area (Å²) in [6.45, 7) is 7.35. The fourth-order valence-corrected chi connectivity index (χ4v) is 2.03. The van der Waals surface area contributed by atoms with Gasteiger partial charge in [0.15, 0.2) is 0 Å². The van der Waals surface area contributed by atoms with Gasteiger partial charge in [-0.2, -0.15) is 0 Å². The van der Waals surface area contributed by atoms with Gasteiger partial charge in [-0.3, -0.25) is 4.98 Å². The van der Waals surface area contributed by atoms with Crippen LogP contribution in [0.2, 0.25) is 0 Å². The van der Waals surface area contributed by atoms with E-state index in [0.29, 0.717) is 16.8 Å². The Morgan fingerprint density at radius 2 is 1.77 bits per heavy atom. The van der Waals surface area contributed by atoms with Crippen LogP contribution in [0.5, 0.6) is 0 Å². The fraction of sp³-hybridized carbons (Fsp3) is 0.333. The number of benzene rings is 1. The van der Waals surface area contributed by atoms with E-state index in [4.69, 9.17) is 4.74 Å². The summed E-state index contributed by atoms with van der Waals surface area (Å²) in [5, 5.41) is 10.4. The number of carbonyl (C=O) groups excluding carboxylic acids is 1. The Bertz CT molecular complexity index is 657. The molecule has 0 amide bonds. The maximum absolute atomic E-state index is 12.0. The summed E-state index contributed by atoms with van der Waals surface area (Å²) in [6, 6.07) is 12.3. The van der Waals surface area contributed by atoms with E-state index < -0.39 is 11.7 Å². The largest absolute Gasteiger partial charge is 0.456 e. The van der Waals surface area contributed by atoms with Gasteiger partial charge >= 0.3 is 5.97 Å². The second-order valence-electron chi connectivity index (χ2n) is 6.23. The quantitative estimate of drug-likeness (QED) is 0.882. The molecule has 0 aliphatic carbocycles.